The number of nitrogens with one attached hydrogen (secondary N) is 2. The molecule has 0 unspecified atom stereocenters. The summed E-state index contributed by atoms with van der Waals surface area (Å²) >= 11 is 0. The topological polar surface area (TPSA) is 41.1 Å². The molecule has 2 amide bonds. The summed E-state index contributed by atoms with van der Waals surface area (Å²) in [7, 11) is 1.46. The number of amides is 2. The van der Waals surface area contributed by atoms with Gasteiger partial charge in [0.2, 0.25) is 0 Å². The molecule has 0 aromatic heterocycles. The molecule has 0 atom stereocenters. The van der Waals surface area contributed by atoms with Crippen molar-refractivity contribution in [2.45, 2.75) is 12.7 Å². The summed E-state index contributed by atoms with van der Waals surface area (Å²) in [6.45, 7) is 0.192. The highest BCUT2D eigenvalue weighted by Gasteiger charge is 2.29. The largest absolute Gasteiger partial charge is 0.416 e. The van der Waals surface area contributed by atoms with Gasteiger partial charge in [0.25, 0.3) is 0 Å². The van der Waals surface area contributed by atoms with Gasteiger partial charge in [-0.25, -0.2) is 4.79 Å². The third-order valence-electron chi connectivity index (χ3n) is 1.96. The number of carbonyl (C=O) groups excluding carboxylic acids is 1. The minimum absolute atomic E-state index is 0.192. The summed E-state index contributed by atoms with van der Waals surface area (Å²) in [6, 6.07) is 4.26. The lowest BCUT2D eigenvalue weighted by atomic mass is 10.1. The van der Waals surface area contributed by atoms with Crippen LogP contribution in [0.25, 0.3) is 0 Å². The predicted octanol–water partition coefficient (Wildman–Crippen LogP) is 2.13. The second-order valence-corrected chi connectivity index (χ2v) is 3.13. The molecule has 0 radical (unpaired) electrons. The zero-order valence-corrected chi connectivity index (χ0v) is 8.56. The van der Waals surface area contributed by atoms with Gasteiger partial charge < -0.3 is 10.6 Å². The van der Waals surface area contributed by atoms with Crippen LogP contribution in [-0.2, 0) is 12.7 Å². The van der Waals surface area contributed by atoms with Crippen LogP contribution in [0.5, 0.6) is 0 Å². The van der Waals surface area contributed by atoms with Crippen LogP contribution in [0.4, 0.5) is 18.0 Å². The molecule has 0 spiro atoms. The Hall–Kier alpha value is -1.72. The van der Waals surface area contributed by atoms with E-state index in [9.17, 15) is 18.0 Å². The molecule has 88 valence electrons. The van der Waals surface area contributed by atoms with Crippen LogP contribution in [0, 0.1) is 0 Å². The van der Waals surface area contributed by atoms with E-state index in [-0.39, 0.29) is 12.6 Å². The molecule has 2 N–H and O–H groups in total. The van der Waals surface area contributed by atoms with Crippen molar-refractivity contribution >= 4 is 6.03 Å². The van der Waals surface area contributed by atoms with Crippen LogP contribution in [0.2, 0.25) is 0 Å². The molecule has 3 nitrogen and oxygen atoms in total. The van der Waals surface area contributed by atoms with Crippen LogP contribution in [0.1, 0.15) is 11.1 Å². The molecule has 0 saturated carbocycles. The van der Waals surface area contributed by atoms with Crippen LogP contribution >= 0.6 is 0 Å². The summed E-state index contributed by atoms with van der Waals surface area (Å²) in [4.78, 5) is 10.8. The van der Waals surface area contributed by atoms with E-state index in [1.807, 2.05) is 0 Å². The van der Waals surface area contributed by atoms with Crippen molar-refractivity contribution in [1.82, 2.24) is 10.6 Å². The van der Waals surface area contributed by atoms with Gasteiger partial charge in [-0.15, -0.1) is 0 Å². The summed E-state index contributed by atoms with van der Waals surface area (Å²) in [5, 5.41) is 4.82. The first-order chi connectivity index (χ1) is 7.43. The zero-order chi connectivity index (χ0) is 12.2. The molecular weight excluding hydrogens is 221 g/mol. The van der Waals surface area contributed by atoms with Gasteiger partial charge in [0.15, 0.2) is 0 Å². The maximum absolute atomic E-state index is 12.2. The van der Waals surface area contributed by atoms with E-state index in [0.717, 1.165) is 12.1 Å². The Bertz CT molecular complexity index is 359. The molecule has 0 aliphatic rings. The summed E-state index contributed by atoms with van der Waals surface area (Å²) in [5.74, 6) is 0. The number of rotatable bonds is 2. The first kappa shape index (κ1) is 12.4. The fraction of sp³-hybridized carbons (Fsp3) is 0.300. The van der Waals surface area contributed by atoms with Crippen LogP contribution < -0.4 is 10.6 Å². The van der Waals surface area contributed by atoms with Gasteiger partial charge in [0.1, 0.15) is 0 Å². The highest BCUT2D eigenvalue weighted by Crippen LogP contribution is 2.28. The van der Waals surface area contributed by atoms with Crippen molar-refractivity contribution < 1.29 is 18.0 Å². The number of hydrogen-bond acceptors (Lipinski definition) is 1. The van der Waals surface area contributed by atoms with Crippen molar-refractivity contribution in [3.05, 3.63) is 35.4 Å². The minimum atomic E-state index is -4.33. The maximum atomic E-state index is 12.2. The van der Waals surface area contributed by atoms with E-state index in [0.29, 0.717) is 5.56 Å². The molecule has 0 bridgehead atoms. The van der Waals surface area contributed by atoms with Gasteiger partial charge >= 0.3 is 12.2 Å². The lowest BCUT2D eigenvalue weighted by Crippen LogP contribution is -2.32. The molecule has 0 aliphatic carbocycles. The standard InChI is InChI=1S/C10H11F3N2O/c1-14-9(16)15-6-7-2-4-8(5-3-7)10(11,12)13/h2-5H,6H2,1H3,(H2,14,15,16). The molecule has 0 aliphatic heterocycles. The Kier molecular flexibility index (Phi) is 3.76. The average molecular weight is 232 g/mol. The number of benzene rings is 1. The molecule has 1 aromatic carbocycles. The van der Waals surface area contributed by atoms with Gasteiger partial charge in [0.05, 0.1) is 5.56 Å². The van der Waals surface area contributed by atoms with Crippen LogP contribution in [0.3, 0.4) is 0 Å². The molecule has 1 rings (SSSR count). The number of carbonyl (C=O) groups is 1. The predicted molar refractivity (Wildman–Crippen MR) is 52.7 cm³/mol. The summed E-state index contributed by atoms with van der Waals surface area (Å²) in [6.07, 6.45) is -4.33. The Labute approximate surface area is 90.6 Å². The van der Waals surface area contributed by atoms with E-state index in [2.05, 4.69) is 10.6 Å². The van der Waals surface area contributed by atoms with Crippen molar-refractivity contribution in [3.63, 3.8) is 0 Å². The quantitative estimate of drug-likeness (QED) is 0.805. The summed E-state index contributed by atoms with van der Waals surface area (Å²) < 4.78 is 36.6. The van der Waals surface area contributed by atoms with Crippen molar-refractivity contribution in [2.75, 3.05) is 7.05 Å². The highest BCUT2D eigenvalue weighted by molar-refractivity contribution is 5.73. The van der Waals surface area contributed by atoms with Crippen LogP contribution in [0.15, 0.2) is 24.3 Å². The average Bonchev–Trinajstić information content (AvgIpc) is 2.25. The SMILES string of the molecule is CNC(=O)NCc1ccc(C(F)(F)F)cc1. The van der Waals surface area contributed by atoms with Gasteiger partial charge in [-0.1, -0.05) is 12.1 Å². The van der Waals surface area contributed by atoms with Gasteiger partial charge in [-0.2, -0.15) is 13.2 Å². The second-order valence-electron chi connectivity index (χ2n) is 3.13. The van der Waals surface area contributed by atoms with E-state index in [1.54, 1.807) is 0 Å². The molecular formula is C10H11F3N2O. The smallest absolute Gasteiger partial charge is 0.341 e. The van der Waals surface area contributed by atoms with Gasteiger partial charge in [-0.05, 0) is 17.7 Å². The Morgan fingerprint density at radius 2 is 1.81 bits per heavy atom. The van der Waals surface area contributed by atoms with Gasteiger partial charge in [0, 0.05) is 13.6 Å². The minimum Gasteiger partial charge on any atom is -0.341 e. The van der Waals surface area contributed by atoms with Crippen molar-refractivity contribution in [3.8, 4) is 0 Å². The van der Waals surface area contributed by atoms with E-state index < -0.39 is 11.7 Å². The number of urea groups is 1. The molecule has 6 heteroatoms. The number of halogens is 3. The van der Waals surface area contributed by atoms with E-state index in [1.165, 1.54) is 19.2 Å². The molecule has 0 heterocycles. The molecule has 0 saturated heterocycles. The second kappa shape index (κ2) is 4.87. The van der Waals surface area contributed by atoms with E-state index in [4.69, 9.17) is 0 Å². The molecule has 16 heavy (non-hydrogen) atoms. The number of alkyl halides is 3. The number of hydrogen-bond donors (Lipinski definition) is 2. The van der Waals surface area contributed by atoms with Gasteiger partial charge in [-0.3, -0.25) is 0 Å². The first-order valence-corrected chi connectivity index (χ1v) is 4.55. The summed E-state index contributed by atoms with van der Waals surface area (Å²) in [5.41, 5.74) is -0.0900. The highest BCUT2D eigenvalue weighted by atomic mass is 19.4. The monoisotopic (exact) mass is 232 g/mol. The fourth-order valence-corrected chi connectivity index (χ4v) is 1.08. The third kappa shape index (κ3) is 3.45. The zero-order valence-electron chi connectivity index (χ0n) is 8.56. The Morgan fingerprint density at radius 3 is 2.25 bits per heavy atom. The Balaban J connectivity index is 2.62. The Morgan fingerprint density at radius 1 is 1.25 bits per heavy atom. The molecule has 0 fully saturated rings. The maximum Gasteiger partial charge on any atom is 0.416 e. The third-order valence-corrected chi connectivity index (χ3v) is 1.96. The lowest BCUT2D eigenvalue weighted by Gasteiger charge is -2.08. The van der Waals surface area contributed by atoms with Crippen LogP contribution in [-0.4, -0.2) is 13.1 Å². The van der Waals surface area contributed by atoms with Crippen molar-refractivity contribution in [2.24, 2.45) is 0 Å². The normalized spacial score (nSPS) is 11.0. The van der Waals surface area contributed by atoms with Crippen molar-refractivity contribution in [1.29, 1.82) is 0 Å². The fourth-order valence-electron chi connectivity index (χ4n) is 1.08. The van der Waals surface area contributed by atoms with E-state index >= 15 is 0 Å². The molecule has 1 aromatic rings. The first-order valence-electron chi connectivity index (χ1n) is 4.55. The lowest BCUT2D eigenvalue weighted by molar-refractivity contribution is -0.137.